The smallest absolute Gasteiger partial charge is 0.279 e. The molecule has 5 nitrogen and oxygen atoms in total. The van der Waals surface area contributed by atoms with E-state index >= 15 is 0 Å². The van der Waals surface area contributed by atoms with E-state index in [2.05, 4.69) is 10.3 Å². The summed E-state index contributed by atoms with van der Waals surface area (Å²) < 4.78 is 15.6. The lowest BCUT2D eigenvalue weighted by molar-refractivity contribution is -0.114. The Hall–Kier alpha value is -3.06. The first kappa shape index (κ1) is 17.8. The first-order valence-electron chi connectivity index (χ1n) is 7.87. The van der Waals surface area contributed by atoms with Crippen molar-refractivity contribution in [1.82, 2.24) is 4.57 Å². The number of aromatic nitrogens is 1. The van der Waals surface area contributed by atoms with Gasteiger partial charge < -0.3 is 9.88 Å². The maximum absolute atomic E-state index is 13.8. The minimum Gasteiger partial charge on any atom is -0.326 e. The van der Waals surface area contributed by atoms with Gasteiger partial charge in [0.15, 0.2) is 4.80 Å². The van der Waals surface area contributed by atoms with Crippen LogP contribution < -0.4 is 10.1 Å². The summed E-state index contributed by atoms with van der Waals surface area (Å²) in [5, 5.41) is 4.44. The van der Waals surface area contributed by atoms with Crippen LogP contribution in [0.5, 0.6) is 0 Å². The molecule has 1 heterocycles. The van der Waals surface area contributed by atoms with Gasteiger partial charge in [-0.3, -0.25) is 9.59 Å². The number of hydrogen-bond donors (Lipinski definition) is 1. The van der Waals surface area contributed by atoms with Gasteiger partial charge in [-0.1, -0.05) is 18.2 Å². The zero-order chi connectivity index (χ0) is 18.5. The zero-order valence-corrected chi connectivity index (χ0v) is 14.8. The molecule has 0 atom stereocenters. The van der Waals surface area contributed by atoms with Crippen LogP contribution in [-0.4, -0.2) is 16.4 Å². The quantitative estimate of drug-likeness (QED) is 0.766. The maximum Gasteiger partial charge on any atom is 0.279 e. The highest BCUT2D eigenvalue weighted by molar-refractivity contribution is 7.07. The van der Waals surface area contributed by atoms with Crippen LogP contribution in [0.2, 0.25) is 0 Å². The highest BCUT2D eigenvalue weighted by Gasteiger charge is 2.07. The van der Waals surface area contributed by atoms with Crippen molar-refractivity contribution in [3.05, 3.63) is 81.9 Å². The zero-order valence-electron chi connectivity index (χ0n) is 14.0. The van der Waals surface area contributed by atoms with E-state index in [9.17, 15) is 14.0 Å². The number of nitrogens with one attached hydrogen (secondary N) is 1. The van der Waals surface area contributed by atoms with Gasteiger partial charge in [-0.15, -0.1) is 11.3 Å². The molecule has 2 aromatic carbocycles. The van der Waals surface area contributed by atoms with Gasteiger partial charge in [-0.05, 0) is 30.3 Å². The predicted molar refractivity (Wildman–Crippen MR) is 98.5 cm³/mol. The molecular formula is C19H16FN3O2S. The molecule has 0 spiro atoms. The Morgan fingerprint density at radius 3 is 2.58 bits per heavy atom. The number of halogens is 1. The van der Waals surface area contributed by atoms with Crippen LogP contribution >= 0.6 is 11.3 Å². The topological polar surface area (TPSA) is 63.5 Å². The van der Waals surface area contributed by atoms with E-state index in [1.165, 1.54) is 24.3 Å². The second-order valence-corrected chi connectivity index (χ2v) is 6.45. The minimum absolute atomic E-state index is 0.179. The molecule has 0 aliphatic heterocycles. The summed E-state index contributed by atoms with van der Waals surface area (Å²) in [7, 11) is 0. The van der Waals surface area contributed by atoms with E-state index in [1.54, 1.807) is 58.6 Å². The Kier molecular flexibility index (Phi) is 5.38. The average Bonchev–Trinajstić information content (AvgIpc) is 3.04. The molecule has 26 heavy (non-hydrogen) atoms. The molecule has 1 aromatic heterocycles. The number of hydrogen-bond acceptors (Lipinski definition) is 3. The Morgan fingerprint density at radius 1 is 1.15 bits per heavy atom. The molecule has 3 rings (SSSR count). The average molecular weight is 369 g/mol. The van der Waals surface area contributed by atoms with E-state index in [-0.39, 0.29) is 11.7 Å². The summed E-state index contributed by atoms with van der Waals surface area (Å²) >= 11 is 1.31. The Bertz CT molecular complexity index is 1010. The van der Waals surface area contributed by atoms with E-state index in [0.717, 1.165) is 0 Å². The van der Waals surface area contributed by atoms with Gasteiger partial charge in [0.2, 0.25) is 5.91 Å². The van der Waals surface area contributed by atoms with Crippen LogP contribution in [0.15, 0.2) is 65.1 Å². The molecule has 0 aliphatic rings. The monoisotopic (exact) mass is 369 g/mol. The van der Waals surface area contributed by atoms with E-state index < -0.39 is 5.91 Å². The van der Waals surface area contributed by atoms with Gasteiger partial charge >= 0.3 is 0 Å². The van der Waals surface area contributed by atoms with Crippen LogP contribution in [0.4, 0.5) is 10.1 Å². The molecule has 2 amide bonds. The standard InChI is InChI=1S/C19H16FN3O2S/c1-13(24)21-16-8-6-14(7-9-16)18(25)22-19-23(10-11-26-19)12-15-4-2-3-5-17(15)20/h2-11H,12H2,1H3,(H,21,24). The first-order chi connectivity index (χ1) is 12.5. The molecule has 132 valence electrons. The molecule has 0 radical (unpaired) electrons. The number of thiazole rings is 1. The third-order valence-corrected chi connectivity index (χ3v) is 4.40. The fourth-order valence-corrected chi connectivity index (χ4v) is 3.09. The lowest BCUT2D eigenvalue weighted by Gasteiger charge is -2.05. The number of amides is 2. The van der Waals surface area contributed by atoms with E-state index in [1.807, 2.05) is 0 Å². The molecule has 1 N–H and O–H groups in total. The van der Waals surface area contributed by atoms with Crippen LogP contribution in [0.1, 0.15) is 22.8 Å². The Balaban J connectivity index is 1.82. The van der Waals surface area contributed by atoms with Gasteiger partial charge in [0.1, 0.15) is 5.82 Å². The molecule has 0 unspecified atom stereocenters. The molecule has 0 aliphatic carbocycles. The highest BCUT2D eigenvalue weighted by atomic mass is 32.1. The van der Waals surface area contributed by atoms with Gasteiger partial charge in [0.25, 0.3) is 5.91 Å². The van der Waals surface area contributed by atoms with Crippen molar-refractivity contribution in [2.24, 2.45) is 4.99 Å². The van der Waals surface area contributed by atoms with Gasteiger partial charge in [-0.25, -0.2) is 4.39 Å². The van der Waals surface area contributed by atoms with Crippen LogP contribution in [-0.2, 0) is 11.3 Å². The fourth-order valence-electron chi connectivity index (χ4n) is 2.37. The molecule has 0 saturated carbocycles. The third-order valence-electron chi connectivity index (χ3n) is 3.61. The minimum atomic E-state index is -0.399. The van der Waals surface area contributed by atoms with Gasteiger partial charge in [0.05, 0.1) is 6.54 Å². The predicted octanol–water partition coefficient (Wildman–Crippen LogP) is 3.44. The van der Waals surface area contributed by atoms with Crippen molar-refractivity contribution in [3.63, 3.8) is 0 Å². The molecule has 0 saturated heterocycles. The van der Waals surface area contributed by atoms with Crippen LogP contribution in [0.25, 0.3) is 0 Å². The Morgan fingerprint density at radius 2 is 1.88 bits per heavy atom. The summed E-state index contributed by atoms with van der Waals surface area (Å²) in [4.78, 5) is 28.0. The fraction of sp³-hybridized carbons (Fsp3) is 0.105. The first-order valence-corrected chi connectivity index (χ1v) is 8.75. The van der Waals surface area contributed by atoms with Crippen molar-refractivity contribution >= 4 is 28.8 Å². The van der Waals surface area contributed by atoms with Gasteiger partial charge in [-0.2, -0.15) is 4.99 Å². The van der Waals surface area contributed by atoms with Crippen molar-refractivity contribution < 1.29 is 14.0 Å². The molecule has 7 heteroatoms. The summed E-state index contributed by atoms with van der Waals surface area (Å²) in [6, 6.07) is 13.0. The number of carbonyl (C=O) groups excluding carboxylic acids is 2. The normalized spacial score (nSPS) is 11.4. The van der Waals surface area contributed by atoms with Crippen molar-refractivity contribution in [2.75, 3.05) is 5.32 Å². The number of anilines is 1. The number of nitrogens with zero attached hydrogens (tertiary/aromatic N) is 2. The summed E-state index contributed by atoms with van der Waals surface area (Å²) in [6.45, 7) is 1.71. The Labute approximate surface area is 153 Å². The lowest BCUT2D eigenvalue weighted by Crippen LogP contribution is -2.17. The number of rotatable bonds is 4. The summed E-state index contributed by atoms with van der Waals surface area (Å²) in [5.41, 5.74) is 1.55. The third kappa shape index (κ3) is 4.31. The second kappa shape index (κ2) is 7.88. The largest absolute Gasteiger partial charge is 0.326 e. The lowest BCUT2D eigenvalue weighted by atomic mass is 10.2. The second-order valence-electron chi connectivity index (χ2n) is 5.58. The van der Waals surface area contributed by atoms with Crippen molar-refractivity contribution in [3.8, 4) is 0 Å². The van der Waals surface area contributed by atoms with Crippen molar-refractivity contribution in [2.45, 2.75) is 13.5 Å². The van der Waals surface area contributed by atoms with E-state index in [4.69, 9.17) is 0 Å². The molecular weight excluding hydrogens is 353 g/mol. The molecule has 0 fully saturated rings. The SMILES string of the molecule is CC(=O)Nc1ccc(C(=O)N=c2sccn2Cc2ccccc2F)cc1. The molecule has 0 bridgehead atoms. The number of carbonyl (C=O) groups is 2. The summed E-state index contributed by atoms with van der Waals surface area (Å²) in [6.07, 6.45) is 1.77. The van der Waals surface area contributed by atoms with E-state index in [0.29, 0.717) is 28.2 Å². The highest BCUT2D eigenvalue weighted by Crippen LogP contribution is 2.11. The van der Waals surface area contributed by atoms with Gasteiger partial charge in [0, 0.05) is 35.3 Å². The van der Waals surface area contributed by atoms with Crippen LogP contribution in [0, 0.1) is 5.82 Å². The summed E-state index contributed by atoms with van der Waals surface area (Å²) in [5.74, 6) is -0.873. The van der Waals surface area contributed by atoms with Crippen LogP contribution in [0.3, 0.4) is 0 Å². The maximum atomic E-state index is 13.8. The van der Waals surface area contributed by atoms with Crippen molar-refractivity contribution in [1.29, 1.82) is 0 Å². The number of benzene rings is 2. The molecule has 3 aromatic rings.